The third-order valence-corrected chi connectivity index (χ3v) is 3.43. The summed E-state index contributed by atoms with van der Waals surface area (Å²) in [6.07, 6.45) is 0.822. The highest BCUT2D eigenvalue weighted by atomic mass is 16.5. The van der Waals surface area contributed by atoms with E-state index >= 15 is 0 Å². The fourth-order valence-corrected chi connectivity index (χ4v) is 2.34. The van der Waals surface area contributed by atoms with Gasteiger partial charge < -0.3 is 4.74 Å². The van der Waals surface area contributed by atoms with Crippen LogP contribution >= 0.6 is 0 Å². The van der Waals surface area contributed by atoms with Crippen molar-refractivity contribution in [2.24, 2.45) is 17.7 Å². The second-order valence-corrected chi connectivity index (χ2v) is 3.98. The van der Waals surface area contributed by atoms with Crippen LogP contribution in [0.1, 0.15) is 21.6 Å². The van der Waals surface area contributed by atoms with E-state index in [0.29, 0.717) is 6.61 Å². The maximum Gasteiger partial charge on any atom is 0.303 e. The highest BCUT2D eigenvalue weighted by molar-refractivity contribution is 6.28. The third kappa shape index (κ3) is 0.745. The normalized spacial score (nSPS) is 59.5. The van der Waals surface area contributed by atoms with E-state index in [1.165, 1.54) is 0 Å². The van der Waals surface area contributed by atoms with Gasteiger partial charge >= 0.3 is 5.97 Å². The van der Waals surface area contributed by atoms with E-state index in [1.807, 2.05) is 6.92 Å². The molecule has 0 aromatic heterocycles. The predicted molar refractivity (Wildman–Crippen MR) is 45.8 cm³/mol. The quantitative estimate of drug-likeness (QED) is 0.397. The second kappa shape index (κ2) is 2.27. The van der Waals surface area contributed by atoms with Crippen molar-refractivity contribution in [3.05, 3.63) is 0 Å². The molecule has 2 aliphatic rings. The average molecular weight is 165 g/mol. The molecule has 64 valence electrons. The number of hydrogen-bond donors (Lipinski definition) is 0. The molecule has 0 aromatic rings. The van der Waals surface area contributed by atoms with Crippen molar-refractivity contribution in [2.45, 2.75) is 25.6 Å². The van der Waals surface area contributed by atoms with E-state index in [0.717, 1.165) is 6.42 Å². The van der Waals surface area contributed by atoms with Gasteiger partial charge in [-0.2, -0.15) is 0 Å². The van der Waals surface area contributed by atoms with E-state index < -0.39 is 11.2 Å². The van der Waals surface area contributed by atoms with Crippen molar-refractivity contribution in [1.29, 1.82) is 0 Å². The number of hydrogen-bond acceptors (Lipinski definition) is 2. The minimum absolute atomic E-state index is 0.0394. The van der Waals surface area contributed by atoms with E-state index in [-0.39, 0.29) is 17.8 Å². The predicted octanol–water partition coefficient (Wildman–Crippen LogP) is 1.16. The zero-order valence-corrected chi connectivity index (χ0v) is 7.46. The maximum absolute atomic E-state index is 11.5. The summed E-state index contributed by atoms with van der Waals surface area (Å²) in [7, 11) is 6.01. The average Bonchev–Trinajstić information content (AvgIpc) is 2.40. The van der Waals surface area contributed by atoms with Gasteiger partial charge in [-0.15, -0.1) is 0 Å². The summed E-state index contributed by atoms with van der Waals surface area (Å²) >= 11 is 0. The summed E-state index contributed by atoms with van der Waals surface area (Å²) in [5, 5.41) is -1.06. The number of fused-ring (bicyclic) bond motifs is 1. The lowest BCUT2D eigenvalue weighted by Crippen LogP contribution is -2.28. The first-order chi connectivity index (χ1) is 5.90. The number of carbonyl (C=O) groups is 1. The van der Waals surface area contributed by atoms with E-state index in [1.54, 1.807) is 6.92 Å². The molecule has 2 radical (unpaired) electrons. The Morgan fingerprint density at radius 2 is 2.42 bits per heavy atom. The molecule has 2 fully saturated rings. The standard InChI is InChI=1S/C9H13BO2/c1-5-3-7-4-12-8(11)9(7,10)6(5)2/h5-7H,3-4H2,1-2H3/t5?,6-,7-,9?/m0/s1/i6D. The third-order valence-electron chi connectivity index (χ3n) is 3.43. The van der Waals surface area contributed by atoms with Gasteiger partial charge in [0.05, 0.1) is 14.5 Å². The van der Waals surface area contributed by atoms with E-state index in [2.05, 4.69) is 0 Å². The Balaban J connectivity index is 2.45. The fourth-order valence-electron chi connectivity index (χ4n) is 2.34. The van der Waals surface area contributed by atoms with Crippen LogP contribution in [0.5, 0.6) is 0 Å². The first-order valence-electron chi connectivity index (χ1n) is 4.87. The highest BCUT2D eigenvalue weighted by Crippen LogP contribution is 2.58. The summed E-state index contributed by atoms with van der Waals surface area (Å²) in [5.41, 5.74) is 0. The van der Waals surface area contributed by atoms with Crippen LogP contribution in [-0.2, 0) is 9.53 Å². The van der Waals surface area contributed by atoms with Gasteiger partial charge in [-0.3, -0.25) is 4.79 Å². The lowest BCUT2D eigenvalue weighted by Gasteiger charge is -2.25. The van der Waals surface area contributed by atoms with Crippen molar-refractivity contribution < 1.29 is 10.9 Å². The highest BCUT2D eigenvalue weighted by Gasteiger charge is 2.57. The largest absolute Gasteiger partial charge is 0.465 e. The number of ether oxygens (including phenoxy) is 1. The minimum Gasteiger partial charge on any atom is -0.465 e. The summed E-state index contributed by atoms with van der Waals surface area (Å²) in [4.78, 5) is 11.5. The van der Waals surface area contributed by atoms with Crippen LogP contribution in [0.15, 0.2) is 0 Å². The molecule has 2 rings (SSSR count). The van der Waals surface area contributed by atoms with E-state index in [4.69, 9.17) is 14.0 Å². The Morgan fingerprint density at radius 1 is 1.75 bits per heavy atom. The van der Waals surface area contributed by atoms with Crippen molar-refractivity contribution in [3.8, 4) is 0 Å². The molecule has 4 atom stereocenters. The molecular weight excluding hydrogens is 151 g/mol. The molecular formula is C9H13BO2. The Morgan fingerprint density at radius 3 is 3.00 bits per heavy atom. The summed E-state index contributed by atoms with van der Waals surface area (Å²) in [6, 6.07) is 0. The van der Waals surface area contributed by atoms with Crippen LogP contribution < -0.4 is 0 Å². The van der Waals surface area contributed by atoms with Gasteiger partial charge in [-0.05, 0) is 18.2 Å². The van der Waals surface area contributed by atoms with Crippen LogP contribution in [0.25, 0.3) is 0 Å². The van der Waals surface area contributed by atoms with Gasteiger partial charge in [0.1, 0.15) is 0 Å². The monoisotopic (exact) mass is 165 g/mol. The first kappa shape index (κ1) is 6.99. The molecule has 12 heavy (non-hydrogen) atoms. The fraction of sp³-hybridized carbons (Fsp3) is 0.889. The van der Waals surface area contributed by atoms with Crippen LogP contribution in [0.2, 0.25) is 5.31 Å². The summed E-state index contributed by atoms with van der Waals surface area (Å²) in [5.74, 6) is -1.07. The summed E-state index contributed by atoms with van der Waals surface area (Å²) in [6.45, 7) is 4.12. The molecule has 1 heterocycles. The van der Waals surface area contributed by atoms with Crippen LogP contribution in [-0.4, -0.2) is 20.4 Å². The van der Waals surface area contributed by atoms with E-state index in [9.17, 15) is 4.79 Å². The molecule has 3 heteroatoms. The lowest BCUT2D eigenvalue weighted by molar-refractivity contribution is -0.141. The van der Waals surface area contributed by atoms with Gasteiger partial charge in [0.2, 0.25) is 0 Å². The van der Waals surface area contributed by atoms with Crippen molar-refractivity contribution in [3.63, 3.8) is 0 Å². The van der Waals surface area contributed by atoms with Gasteiger partial charge in [0, 0.05) is 12.6 Å². The molecule has 1 aliphatic heterocycles. The summed E-state index contributed by atoms with van der Waals surface area (Å²) < 4.78 is 13.0. The molecule has 0 spiro atoms. The number of cyclic esters (lactones) is 1. The van der Waals surface area contributed by atoms with Crippen LogP contribution in [0, 0.1) is 17.7 Å². The second-order valence-electron chi connectivity index (χ2n) is 3.98. The molecule has 1 saturated carbocycles. The maximum atomic E-state index is 11.5. The van der Waals surface area contributed by atoms with Crippen molar-refractivity contribution in [2.75, 3.05) is 6.61 Å². The number of carbonyl (C=O) groups excluding carboxylic acids is 1. The number of esters is 1. The van der Waals surface area contributed by atoms with Crippen LogP contribution in [0.3, 0.4) is 0 Å². The molecule has 0 amide bonds. The molecule has 0 bridgehead atoms. The molecule has 2 nitrogen and oxygen atoms in total. The first-order valence-corrected chi connectivity index (χ1v) is 4.37. The molecule has 1 aliphatic carbocycles. The van der Waals surface area contributed by atoms with Crippen molar-refractivity contribution >= 4 is 13.8 Å². The Kier molecular flexibility index (Phi) is 1.32. The Hall–Kier alpha value is -0.465. The zero-order valence-electron chi connectivity index (χ0n) is 8.46. The molecule has 2 unspecified atom stereocenters. The smallest absolute Gasteiger partial charge is 0.303 e. The Bertz CT molecular complexity index is 266. The number of rotatable bonds is 0. The topological polar surface area (TPSA) is 26.3 Å². The van der Waals surface area contributed by atoms with Gasteiger partial charge in [-0.25, -0.2) is 0 Å². The SMILES string of the molecule is [2H][C@]1(C)C(C)C[C@H]2COC(=O)C21[B]. The van der Waals surface area contributed by atoms with Crippen molar-refractivity contribution in [1.82, 2.24) is 0 Å². The van der Waals surface area contributed by atoms with Gasteiger partial charge in [0.25, 0.3) is 0 Å². The van der Waals surface area contributed by atoms with Gasteiger partial charge in [-0.1, -0.05) is 13.8 Å². The zero-order chi connectivity index (χ0) is 9.85. The van der Waals surface area contributed by atoms with Crippen LogP contribution in [0.4, 0.5) is 0 Å². The molecule has 1 saturated heterocycles. The Labute approximate surface area is 75.5 Å². The molecule has 0 N–H and O–H groups in total. The molecule has 0 aromatic carbocycles. The van der Waals surface area contributed by atoms with Gasteiger partial charge in [0.15, 0.2) is 0 Å². The lowest BCUT2D eigenvalue weighted by atomic mass is 9.59. The minimum atomic E-state index is -1.06.